The summed E-state index contributed by atoms with van der Waals surface area (Å²) in [5.74, 6) is 0.0715. The number of aromatic nitrogens is 2. The first-order chi connectivity index (χ1) is 25.5. The fraction of sp³-hybridized carbons (Fsp3) is 0.385. The number of halogens is 2. The van der Waals surface area contributed by atoms with Crippen LogP contribution in [0.15, 0.2) is 60.9 Å². The van der Waals surface area contributed by atoms with Crippen molar-refractivity contribution >= 4 is 69.5 Å². The molecule has 0 spiro atoms. The standard InChI is InChI=1S/C24H28ClN3O3.C15H17BClNO4/c1-27-9-11-28(12-10-27)8-3-13-31-18-6-4-17(5-7-18)19-14-20-21(24(29)30-2)16-26-23(20)15-22(19)25;1-15(2)7-21-16(22-8-15)11-4-9-10(14(19)20-3)6-18-13(9)5-12(11)17/h4-7,14-16,26H,3,8-13H2,1-2H3;4-6,18H,7-8H2,1-3H3. The van der Waals surface area contributed by atoms with Crippen LogP contribution in [-0.2, 0) is 18.8 Å². The lowest BCUT2D eigenvalue weighted by Gasteiger charge is -2.33. The predicted octanol–water partition coefficient (Wildman–Crippen LogP) is 6.67. The van der Waals surface area contributed by atoms with Crippen molar-refractivity contribution in [3.05, 3.63) is 82.1 Å². The minimum absolute atomic E-state index is 0.0155. The quantitative estimate of drug-likeness (QED) is 0.0965. The highest BCUT2D eigenvalue weighted by atomic mass is 35.5. The summed E-state index contributed by atoms with van der Waals surface area (Å²) in [5, 5.41) is 2.68. The van der Waals surface area contributed by atoms with Crippen molar-refractivity contribution in [3.8, 4) is 16.9 Å². The number of likely N-dealkylation sites (N-methyl/N-ethyl adjacent to an activating group) is 1. The van der Waals surface area contributed by atoms with Crippen molar-refractivity contribution in [1.29, 1.82) is 0 Å². The molecule has 2 N–H and O–H groups in total. The highest BCUT2D eigenvalue weighted by molar-refractivity contribution is 6.65. The van der Waals surface area contributed by atoms with Gasteiger partial charge >= 0.3 is 19.1 Å². The molecule has 2 saturated heterocycles. The molecular weight excluding hydrogens is 718 g/mol. The van der Waals surface area contributed by atoms with Crippen molar-refractivity contribution in [2.45, 2.75) is 20.3 Å². The van der Waals surface area contributed by atoms with E-state index in [1.165, 1.54) is 14.2 Å². The number of benzene rings is 3. The van der Waals surface area contributed by atoms with Gasteiger partial charge in [-0.25, -0.2) is 9.59 Å². The lowest BCUT2D eigenvalue weighted by atomic mass is 9.75. The number of hydrogen-bond donors (Lipinski definition) is 2. The molecule has 4 heterocycles. The Bertz CT molecular complexity index is 2050. The van der Waals surface area contributed by atoms with E-state index in [9.17, 15) is 9.59 Å². The largest absolute Gasteiger partial charge is 0.495 e. The molecule has 2 aliphatic rings. The Hall–Kier alpha value is -4.04. The second kappa shape index (κ2) is 17.0. The van der Waals surface area contributed by atoms with E-state index < -0.39 is 13.1 Å². The summed E-state index contributed by atoms with van der Waals surface area (Å²) in [7, 11) is 4.38. The third-order valence-electron chi connectivity index (χ3n) is 9.53. The van der Waals surface area contributed by atoms with E-state index in [1.807, 2.05) is 42.5 Å². The Kier molecular flexibility index (Phi) is 12.4. The monoisotopic (exact) mass is 762 g/mol. The van der Waals surface area contributed by atoms with E-state index in [1.54, 1.807) is 18.5 Å². The number of esters is 2. The van der Waals surface area contributed by atoms with Crippen LogP contribution in [0.3, 0.4) is 0 Å². The number of H-pyrrole nitrogens is 2. The lowest BCUT2D eigenvalue weighted by Crippen LogP contribution is -2.47. The number of nitrogens with one attached hydrogen (secondary N) is 2. The van der Waals surface area contributed by atoms with Crippen LogP contribution in [0, 0.1) is 5.41 Å². The topological polar surface area (TPSA) is 118 Å². The minimum atomic E-state index is -0.523. The van der Waals surface area contributed by atoms with Crippen LogP contribution in [0.1, 0.15) is 41.0 Å². The number of methoxy groups -OCH3 is 2. The van der Waals surface area contributed by atoms with Crippen molar-refractivity contribution < 1.29 is 33.1 Å². The smallest absolute Gasteiger partial charge is 0.494 e. The summed E-state index contributed by atoms with van der Waals surface area (Å²) in [6.45, 7) is 11.6. The van der Waals surface area contributed by atoms with Crippen LogP contribution < -0.4 is 10.2 Å². The maximum Gasteiger partial charge on any atom is 0.495 e. The Morgan fingerprint density at radius 1 is 0.830 bits per heavy atom. The van der Waals surface area contributed by atoms with Crippen molar-refractivity contribution in [1.82, 2.24) is 19.8 Å². The zero-order valence-corrected chi connectivity index (χ0v) is 32.2. The molecule has 0 atom stereocenters. The zero-order valence-electron chi connectivity index (χ0n) is 30.7. The van der Waals surface area contributed by atoms with E-state index in [2.05, 4.69) is 40.7 Å². The third-order valence-corrected chi connectivity index (χ3v) is 10.2. The maximum atomic E-state index is 12.0. The van der Waals surface area contributed by atoms with Gasteiger partial charge in [0.25, 0.3) is 0 Å². The first kappa shape index (κ1) is 38.7. The molecule has 0 aliphatic carbocycles. The number of hydrogen-bond acceptors (Lipinski definition) is 9. The highest BCUT2D eigenvalue weighted by Gasteiger charge is 2.35. The Labute approximate surface area is 319 Å². The SMILES string of the molecule is COC(=O)c1c[nH]c2cc(Cl)c(-c3ccc(OCCCN4CCN(C)CC4)cc3)cc12.COC(=O)c1c[nH]c2cc(Cl)c(B3OCC(C)(C)CO3)cc12. The second-order valence-electron chi connectivity index (χ2n) is 14.2. The van der Waals surface area contributed by atoms with E-state index in [4.69, 9.17) is 46.7 Å². The number of fused-ring (bicyclic) bond motifs is 2. The maximum absolute atomic E-state index is 12.0. The van der Waals surface area contributed by atoms with Gasteiger partial charge in [-0.2, -0.15) is 0 Å². The number of carbonyl (C=O) groups excluding carboxylic acids is 2. The molecule has 0 radical (unpaired) electrons. The van der Waals surface area contributed by atoms with Crippen molar-refractivity contribution in [3.63, 3.8) is 0 Å². The Morgan fingerprint density at radius 3 is 1.98 bits per heavy atom. The van der Waals surface area contributed by atoms with E-state index >= 15 is 0 Å². The van der Waals surface area contributed by atoms with Crippen LogP contribution in [-0.4, -0.2) is 113 Å². The molecule has 0 unspecified atom stereocenters. The van der Waals surface area contributed by atoms with Gasteiger partial charge in [-0.15, -0.1) is 0 Å². The van der Waals surface area contributed by atoms with Gasteiger partial charge in [-0.1, -0.05) is 55.2 Å². The summed E-state index contributed by atoms with van der Waals surface area (Å²) < 4.78 is 27.1. The summed E-state index contributed by atoms with van der Waals surface area (Å²) in [6.07, 6.45) is 4.27. The van der Waals surface area contributed by atoms with E-state index in [0.717, 1.165) is 83.3 Å². The predicted molar refractivity (Wildman–Crippen MR) is 210 cm³/mol. The fourth-order valence-electron chi connectivity index (χ4n) is 6.41. The molecule has 0 bridgehead atoms. The summed E-state index contributed by atoms with van der Waals surface area (Å²) in [5.41, 5.74) is 5.06. The van der Waals surface area contributed by atoms with Crippen LogP contribution in [0.5, 0.6) is 5.75 Å². The molecule has 0 amide bonds. The molecule has 280 valence electrons. The molecule has 14 heteroatoms. The van der Waals surface area contributed by atoms with Gasteiger partial charge < -0.3 is 43.3 Å². The molecule has 3 aromatic carbocycles. The Balaban J connectivity index is 0.000000192. The van der Waals surface area contributed by atoms with E-state index in [-0.39, 0.29) is 11.4 Å². The number of rotatable bonds is 9. The molecule has 11 nitrogen and oxygen atoms in total. The average Bonchev–Trinajstić information content (AvgIpc) is 3.77. The first-order valence-electron chi connectivity index (χ1n) is 17.6. The van der Waals surface area contributed by atoms with Gasteiger partial charge in [0.15, 0.2) is 0 Å². The molecule has 0 saturated carbocycles. The third kappa shape index (κ3) is 9.20. The average molecular weight is 764 g/mol. The van der Waals surface area contributed by atoms with Crippen molar-refractivity contribution in [2.24, 2.45) is 5.41 Å². The van der Waals surface area contributed by atoms with Gasteiger partial charge in [-0.3, -0.25) is 0 Å². The molecule has 53 heavy (non-hydrogen) atoms. The highest BCUT2D eigenvalue weighted by Crippen LogP contribution is 2.34. The van der Waals surface area contributed by atoms with Gasteiger partial charge in [0.2, 0.25) is 0 Å². The summed E-state index contributed by atoms with van der Waals surface area (Å²) in [4.78, 5) is 34.8. The van der Waals surface area contributed by atoms with Crippen LogP contribution in [0.4, 0.5) is 0 Å². The summed E-state index contributed by atoms with van der Waals surface area (Å²) in [6, 6.07) is 15.3. The molecule has 2 fully saturated rings. The number of carbonyl (C=O) groups is 2. The normalized spacial score (nSPS) is 16.3. The summed E-state index contributed by atoms with van der Waals surface area (Å²) >= 11 is 12.8. The number of piperazine rings is 1. The van der Waals surface area contributed by atoms with Crippen LogP contribution in [0.2, 0.25) is 10.0 Å². The lowest BCUT2D eigenvalue weighted by molar-refractivity contribution is 0.0343. The van der Waals surface area contributed by atoms with Gasteiger partial charge in [0, 0.05) is 102 Å². The number of nitrogens with zero attached hydrogens (tertiary/aromatic N) is 2. The molecule has 5 aromatic rings. The molecule has 2 aliphatic heterocycles. The number of ether oxygens (including phenoxy) is 3. The van der Waals surface area contributed by atoms with E-state index in [0.29, 0.717) is 41.0 Å². The van der Waals surface area contributed by atoms with Crippen LogP contribution >= 0.6 is 23.2 Å². The second-order valence-corrected chi connectivity index (χ2v) is 15.0. The van der Waals surface area contributed by atoms with Gasteiger partial charge in [0.05, 0.1) is 37.0 Å². The van der Waals surface area contributed by atoms with Crippen molar-refractivity contribution in [2.75, 3.05) is 73.8 Å². The fourth-order valence-corrected chi connectivity index (χ4v) is 6.94. The molecule has 2 aromatic heterocycles. The van der Waals surface area contributed by atoms with Gasteiger partial charge in [0.1, 0.15) is 5.75 Å². The number of aromatic amines is 2. The van der Waals surface area contributed by atoms with Crippen LogP contribution in [0.25, 0.3) is 32.9 Å². The molecular formula is C39H45BCl2N4O7. The Morgan fingerprint density at radius 2 is 1.40 bits per heavy atom. The first-order valence-corrected chi connectivity index (χ1v) is 18.4. The zero-order chi connectivity index (χ0) is 37.7. The minimum Gasteiger partial charge on any atom is -0.494 e. The molecule has 7 rings (SSSR count). The van der Waals surface area contributed by atoms with Gasteiger partial charge in [-0.05, 0) is 49.4 Å².